The average molecular weight is 383 g/mol. The number of ether oxygens (including phenoxy) is 1. The van der Waals surface area contributed by atoms with Gasteiger partial charge >= 0.3 is 5.97 Å². The molecule has 0 bridgehead atoms. The van der Waals surface area contributed by atoms with Crippen molar-refractivity contribution in [3.05, 3.63) is 66.0 Å². The molecule has 0 aliphatic rings. The molecule has 8 heteroatoms. The molecule has 28 heavy (non-hydrogen) atoms. The highest BCUT2D eigenvalue weighted by atomic mass is 19.1. The zero-order valence-electron chi connectivity index (χ0n) is 14.9. The highest BCUT2D eigenvalue weighted by Crippen LogP contribution is 2.14. The lowest BCUT2D eigenvalue weighted by atomic mass is 10.2. The van der Waals surface area contributed by atoms with Crippen LogP contribution in [0.2, 0.25) is 0 Å². The summed E-state index contributed by atoms with van der Waals surface area (Å²) in [4.78, 5) is 37.3. The van der Waals surface area contributed by atoms with Gasteiger partial charge < -0.3 is 15.0 Å². The minimum absolute atomic E-state index is 0.118. The molecule has 2 aromatic rings. The number of benzene rings is 2. The van der Waals surface area contributed by atoms with E-state index in [9.17, 15) is 18.8 Å². The first-order valence-electron chi connectivity index (χ1n) is 8.43. The van der Waals surface area contributed by atoms with E-state index in [0.717, 1.165) is 6.07 Å². The number of nitrogens with zero attached hydrogens (tertiary/aromatic N) is 2. The van der Waals surface area contributed by atoms with Crippen molar-refractivity contribution in [2.45, 2.75) is 6.42 Å². The molecule has 0 unspecified atom stereocenters. The van der Waals surface area contributed by atoms with Gasteiger partial charge in [0.2, 0.25) is 0 Å². The van der Waals surface area contributed by atoms with E-state index in [0.29, 0.717) is 5.69 Å². The predicted octanol–water partition coefficient (Wildman–Crippen LogP) is 2.05. The number of esters is 1. The van der Waals surface area contributed by atoms with Crippen LogP contribution in [0.3, 0.4) is 0 Å². The maximum Gasteiger partial charge on any atom is 0.325 e. The van der Waals surface area contributed by atoms with Crippen molar-refractivity contribution in [1.82, 2.24) is 5.32 Å². The summed E-state index contributed by atoms with van der Waals surface area (Å²) in [5, 5.41) is 11.0. The van der Waals surface area contributed by atoms with Gasteiger partial charge in [0.05, 0.1) is 18.1 Å². The zero-order valence-corrected chi connectivity index (χ0v) is 14.9. The van der Waals surface area contributed by atoms with Gasteiger partial charge in [0.25, 0.3) is 11.8 Å². The van der Waals surface area contributed by atoms with E-state index in [1.54, 1.807) is 30.3 Å². The third-order valence-corrected chi connectivity index (χ3v) is 3.68. The lowest BCUT2D eigenvalue weighted by molar-refractivity contribution is -0.146. The van der Waals surface area contributed by atoms with Gasteiger partial charge in [0, 0.05) is 12.2 Å². The molecule has 2 aromatic carbocycles. The van der Waals surface area contributed by atoms with Crippen LogP contribution in [-0.4, -0.2) is 37.5 Å². The number of amides is 2. The van der Waals surface area contributed by atoms with E-state index < -0.39 is 36.8 Å². The summed E-state index contributed by atoms with van der Waals surface area (Å²) in [6.45, 7) is -0.903. The summed E-state index contributed by atoms with van der Waals surface area (Å²) in [6, 6.07) is 16.0. The van der Waals surface area contributed by atoms with Gasteiger partial charge in [0.1, 0.15) is 12.4 Å². The highest BCUT2D eigenvalue weighted by Gasteiger charge is 2.18. The first kappa shape index (κ1) is 20.6. The SMILES string of the molecule is N#CCCN(C(=O)COC(=O)CNC(=O)c1ccccc1F)c1ccccc1. The highest BCUT2D eigenvalue weighted by molar-refractivity contribution is 5.97. The van der Waals surface area contributed by atoms with Crippen LogP contribution in [0.5, 0.6) is 0 Å². The van der Waals surface area contributed by atoms with Crippen molar-refractivity contribution < 1.29 is 23.5 Å². The Morgan fingerprint density at radius 3 is 2.43 bits per heavy atom. The number of hydrogen-bond acceptors (Lipinski definition) is 5. The smallest absolute Gasteiger partial charge is 0.325 e. The molecular formula is C20H18FN3O4. The number of hydrogen-bond donors (Lipinski definition) is 1. The van der Waals surface area contributed by atoms with Crippen molar-refractivity contribution >= 4 is 23.5 Å². The molecule has 0 spiro atoms. The minimum atomic E-state index is -0.841. The molecule has 0 aliphatic carbocycles. The van der Waals surface area contributed by atoms with Crippen LogP contribution in [0, 0.1) is 17.1 Å². The number of halogens is 1. The maximum atomic E-state index is 13.5. The Hall–Kier alpha value is -3.73. The first-order valence-corrected chi connectivity index (χ1v) is 8.43. The van der Waals surface area contributed by atoms with Crippen molar-refractivity contribution in [3.8, 4) is 6.07 Å². The summed E-state index contributed by atoms with van der Waals surface area (Å²) < 4.78 is 18.4. The van der Waals surface area contributed by atoms with Crippen molar-refractivity contribution in [2.75, 3.05) is 24.6 Å². The van der Waals surface area contributed by atoms with E-state index in [1.807, 2.05) is 6.07 Å². The maximum absolute atomic E-state index is 13.5. The Kier molecular flexibility index (Phi) is 7.66. The van der Waals surface area contributed by atoms with Crippen LogP contribution in [0.25, 0.3) is 0 Å². The van der Waals surface area contributed by atoms with Crippen LogP contribution in [0.4, 0.5) is 10.1 Å². The van der Waals surface area contributed by atoms with E-state index in [1.165, 1.54) is 23.1 Å². The lowest BCUT2D eigenvalue weighted by Gasteiger charge is -2.21. The Balaban J connectivity index is 1.86. The van der Waals surface area contributed by atoms with Crippen LogP contribution >= 0.6 is 0 Å². The standard InChI is InChI=1S/C20H18FN3O4/c21-17-10-5-4-9-16(17)20(27)23-13-19(26)28-14-18(25)24(12-6-11-22)15-7-2-1-3-8-15/h1-5,7-10H,6,12-14H2,(H,23,27). The fourth-order valence-corrected chi connectivity index (χ4v) is 2.33. The molecule has 0 radical (unpaired) electrons. The Labute approximate surface area is 161 Å². The molecule has 7 nitrogen and oxygen atoms in total. The predicted molar refractivity (Wildman–Crippen MR) is 98.7 cm³/mol. The minimum Gasteiger partial charge on any atom is -0.454 e. The second kappa shape index (κ2) is 10.4. The third kappa shape index (κ3) is 5.92. The van der Waals surface area contributed by atoms with Gasteiger partial charge in [0.15, 0.2) is 6.61 Å². The average Bonchev–Trinajstić information content (AvgIpc) is 2.72. The van der Waals surface area contributed by atoms with Crippen LogP contribution in [-0.2, 0) is 14.3 Å². The van der Waals surface area contributed by atoms with Crippen LogP contribution in [0.1, 0.15) is 16.8 Å². The second-order valence-electron chi connectivity index (χ2n) is 5.61. The molecule has 0 atom stereocenters. The van der Waals surface area contributed by atoms with Gasteiger partial charge in [-0.2, -0.15) is 5.26 Å². The molecule has 1 N–H and O–H groups in total. The zero-order chi connectivity index (χ0) is 20.4. The quantitative estimate of drug-likeness (QED) is 0.704. The molecule has 2 amide bonds. The van der Waals surface area contributed by atoms with E-state index >= 15 is 0 Å². The number of carbonyl (C=O) groups is 3. The molecule has 0 fully saturated rings. The summed E-state index contributed by atoms with van der Waals surface area (Å²) in [5.41, 5.74) is 0.379. The topological polar surface area (TPSA) is 99.5 Å². The molecular weight excluding hydrogens is 365 g/mol. The van der Waals surface area contributed by atoms with E-state index in [-0.39, 0.29) is 18.5 Å². The molecule has 0 saturated carbocycles. The molecule has 0 saturated heterocycles. The number of rotatable bonds is 8. The molecule has 144 valence electrons. The van der Waals surface area contributed by atoms with Gasteiger partial charge in [-0.15, -0.1) is 0 Å². The summed E-state index contributed by atoms with van der Waals surface area (Å²) in [7, 11) is 0. The molecule has 0 aromatic heterocycles. The summed E-state index contributed by atoms with van der Waals surface area (Å²) in [5.74, 6) is -2.82. The van der Waals surface area contributed by atoms with Crippen molar-refractivity contribution in [3.63, 3.8) is 0 Å². The van der Waals surface area contributed by atoms with Gasteiger partial charge in [-0.1, -0.05) is 30.3 Å². The van der Waals surface area contributed by atoms with E-state index in [4.69, 9.17) is 10.00 Å². The summed E-state index contributed by atoms with van der Waals surface area (Å²) in [6.07, 6.45) is 0.118. The Morgan fingerprint density at radius 1 is 1.07 bits per heavy atom. The van der Waals surface area contributed by atoms with Gasteiger partial charge in [-0.25, -0.2) is 4.39 Å². The molecule has 0 heterocycles. The van der Waals surface area contributed by atoms with Crippen LogP contribution < -0.4 is 10.2 Å². The largest absolute Gasteiger partial charge is 0.454 e. The van der Waals surface area contributed by atoms with Crippen molar-refractivity contribution in [1.29, 1.82) is 5.26 Å². The fraction of sp³-hybridized carbons (Fsp3) is 0.200. The second-order valence-corrected chi connectivity index (χ2v) is 5.61. The van der Waals surface area contributed by atoms with Gasteiger partial charge in [-0.3, -0.25) is 14.4 Å². The molecule has 0 aliphatic heterocycles. The number of nitriles is 1. The number of anilines is 1. The fourth-order valence-electron chi connectivity index (χ4n) is 2.33. The van der Waals surface area contributed by atoms with Gasteiger partial charge in [-0.05, 0) is 24.3 Å². The number of carbonyl (C=O) groups excluding carboxylic acids is 3. The van der Waals surface area contributed by atoms with Crippen molar-refractivity contribution in [2.24, 2.45) is 0 Å². The third-order valence-electron chi connectivity index (χ3n) is 3.68. The lowest BCUT2D eigenvalue weighted by Crippen LogP contribution is -2.37. The van der Waals surface area contributed by atoms with E-state index in [2.05, 4.69) is 5.32 Å². The Bertz CT molecular complexity index is 881. The summed E-state index contributed by atoms with van der Waals surface area (Å²) >= 11 is 0. The first-order chi connectivity index (χ1) is 13.5. The Morgan fingerprint density at radius 2 is 1.75 bits per heavy atom. The normalized spacial score (nSPS) is 9.86. The number of para-hydroxylation sites is 1. The monoisotopic (exact) mass is 383 g/mol. The van der Waals surface area contributed by atoms with Crippen LogP contribution in [0.15, 0.2) is 54.6 Å². The number of nitrogens with one attached hydrogen (secondary N) is 1. The molecule has 2 rings (SSSR count).